The maximum atomic E-state index is 13.0. The summed E-state index contributed by atoms with van der Waals surface area (Å²) in [6.45, 7) is 7.63. The molecule has 0 saturated heterocycles. The molecule has 1 N–H and O–H groups in total. The van der Waals surface area contributed by atoms with Crippen LogP contribution < -0.4 is 15.0 Å². The van der Waals surface area contributed by atoms with Gasteiger partial charge in [0.15, 0.2) is 10.1 Å². The molecule has 170 valence electrons. The van der Waals surface area contributed by atoms with Crippen LogP contribution in [0, 0.1) is 0 Å². The third-order valence-corrected chi connectivity index (χ3v) is 6.38. The average molecular weight is 483 g/mol. The van der Waals surface area contributed by atoms with E-state index in [1.54, 1.807) is 13.0 Å². The Balaban J connectivity index is 1.76. The Labute approximate surface area is 203 Å². The normalized spacial score (nSPS) is 18.2. The van der Waals surface area contributed by atoms with Crippen LogP contribution in [0.5, 0.6) is 11.5 Å². The van der Waals surface area contributed by atoms with Crippen LogP contribution in [0.1, 0.15) is 47.8 Å². The highest BCUT2D eigenvalue weighted by Gasteiger charge is 2.53. The molecule has 2 aliphatic heterocycles. The molecule has 0 aliphatic carbocycles. The number of ether oxygens (including phenoxy) is 2. The Morgan fingerprint density at radius 3 is 2.42 bits per heavy atom. The molecular formula is C26H24Cl2N2O3. The molecule has 1 unspecified atom stereocenters. The lowest BCUT2D eigenvalue weighted by Gasteiger charge is -2.37. The number of halogens is 2. The van der Waals surface area contributed by atoms with Gasteiger partial charge in [0.1, 0.15) is 11.5 Å². The predicted octanol–water partition coefficient (Wildman–Crippen LogP) is 6.66. The monoisotopic (exact) mass is 482 g/mol. The zero-order valence-corrected chi connectivity index (χ0v) is 20.1. The number of rotatable bonds is 5. The van der Waals surface area contributed by atoms with Gasteiger partial charge in [0, 0.05) is 47.2 Å². The molecule has 7 heteroatoms. The van der Waals surface area contributed by atoms with Crippen LogP contribution in [-0.4, -0.2) is 23.5 Å². The number of nitrogens with one attached hydrogen (secondary N) is 1. The lowest BCUT2D eigenvalue weighted by atomic mass is 9.77. The Kier molecular flexibility index (Phi) is 5.22. The fourth-order valence-electron chi connectivity index (χ4n) is 4.78. The van der Waals surface area contributed by atoms with E-state index in [1.165, 1.54) is 0 Å². The van der Waals surface area contributed by atoms with Gasteiger partial charge < -0.3 is 19.7 Å². The first-order chi connectivity index (χ1) is 15.8. The number of carbonyl (C=O) groups excluding carboxylic acids is 1. The van der Waals surface area contributed by atoms with Crippen molar-refractivity contribution in [1.82, 2.24) is 0 Å². The zero-order valence-electron chi connectivity index (χ0n) is 18.6. The third kappa shape index (κ3) is 3.51. The number of alkyl halides is 2. The summed E-state index contributed by atoms with van der Waals surface area (Å²) >= 11 is 12.4. The molecule has 1 spiro atoms. The molecule has 5 nitrogen and oxygen atoms in total. The first kappa shape index (κ1) is 21.9. The molecule has 0 bridgehead atoms. The molecule has 0 fully saturated rings. The number of hydrogen-bond donors (Lipinski definition) is 1. The van der Waals surface area contributed by atoms with E-state index in [1.807, 2.05) is 54.6 Å². The number of esters is 1. The molecule has 1 atom stereocenters. The van der Waals surface area contributed by atoms with Crippen molar-refractivity contribution in [3.63, 3.8) is 0 Å². The van der Waals surface area contributed by atoms with Gasteiger partial charge in [-0.25, -0.2) is 4.79 Å². The molecule has 3 aromatic carbocycles. The first-order valence-corrected chi connectivity index (χ1v) is 11.7. The van der Waals surface area contributed by atoms with Gasteiger partial charge in [-0.2, -0.15) is 0 Å². The number of anilines is 2. The summed E-state index contributed by atoms with van der Waals surface area (Å²) in [5.41, 5.74) is 3.43. The van der Waals surface area contributed by atoms with E-state index in [-0.39, 0.29) is 5.97 Å². The lowest BCUT2D eigenvalue weighted by molar-refractivity contribution is 0.0224. The number of nitrogens with zero attached hydrogens (tertiary/aromatic N) is 1. The average Bonchev–Trinajstić information content (AvgIpc) is 3.07. The topological polar surface area (TPSA) is 50.8 Å². The van der Waals surface area contributed by atoms with Gasteiger partial charge in [-0.05, 0) is 57.2 Å². The van der Waals surface area contributed by atoms with E-state index in [4.69, 9.17) is 32.7 Å². The van der Waals surface area contributed by atoms with E-state index >= 15 is 0 Å². The smallest absolute Gasteiger partial charge is 0.340 e. The van der Waals surface area contributed by atoms with Gasteiger partial charge in [0.2, 0.25) is 0 Å². The number of carbonyl (C=O) groups is 1. The maximum Gasteiger partial charge on any atom is 0.340 e. The Hall–Kier alpha value is -2.89. The van der Waals surface area contributed by atoms with Crippen LogP contribution >= 0.6 is 23.2 Å². The molecule has 5 rings (SSSR count). The summed E-state index contributed by atoms with van der Waals surface area (Å²) < 4.78 is 11.4. The van der Waals surface area contributed by atoms with Crippen LogP contribution in [0.2, 0.25) is 0 Å². The minimum absolute atomic E-state index is 0.366. The van der Waals surface area contributed by atoms with E-state index in [9.17, 15) is 4.79 Å². The van der Waals surface area contributed by atoms with E-state index < -0.39 is 10.1 Å². The Bertz CT molecular complexity index is 1250. The fraction of sp³-hybridized carbons (Fsp3) is 0.269. The lowest BCUT2D eigenvalue weighted by Crippen LogP contribution is -2.33. The van der Waals surface area contributed by atoms with Crippen LogP contribution in [-0.2, 0) is 10.3 Å². The molecule has 2 heterocycles. The highest BCUT2D eigenvalue weighted by Crippen LogP contribution is 2.57. The number of fused-ring (bicyclic) bond motifs is 6. The van der Waals surface area contributed by atoms with E-state index in [2.05, 4.69) is 24.1 Å². The molecule has 0 radical (unpaired) electrons. The highest BCUT2D eigenvalue weighted by atomic mass is 35.5. The van der Waals surface area contributed by atoms with Crippen LogP contribution in [0.3, 0.4) is 0 Å². The van der Waals surface area contributed by atoms with Crippen LogP contribution in [0.15, 0.2) is 60.7 Å². The van der Waals surface area contributed by atoms with Gasteiger partial charge in [0.25, 0.3) is 0 Å². The highest BCUT2D eigenvalue weighted by molar-refractivity contribution is 6.49. The van der Waals surface area contributed by atoms with E-state index in [0.29, 0.717) is 28.3 Å². The second kappa shape index (κ2) is 7.86. The van der Waals surface area contributed by atoms with Crippen molar-refractivity contribution in [2.45, 2.75) is 30.8 Å². The van der Waals surface area contributed by atoms with Gasteiger partial charge in [-0.3, -0.25) is 0 Å². The predicted molar refractivity (Wildman–Crippen MR) is 132 cm³/mol. The Morgan fingerprint density at radius 1 is 0.939 bits per heavy atom. The van der Waals surface area contributed by atoms with Crippen molar-refractivity contribution in [2.75, 3.05) is 23.3 Å². The quantitative estimate of drug-likeness (QED) is 0.250. The van der Waals surface area contributed by atoms with Crippen molar-refractivity contribution in [3.05, 3.63) is 82.9 Å². The second-order valence-electron chi connectivity index (χ2n) is 8.30. The van der Waals surface area contributed by atoms with Gasteiger partial charge >= 0.3 is 5.97 Å². The number of hydrogen-bond acceptors (Lipinski definition) is 5. The van der Waals surface area contributed by atoms with Gasteiger partial charge in [-0.1, -0.05) is 41.4 Å². The largest absolute Gasteiger partial charge is 0.456 e. The summed E-state index contributed by atoms with van der Waals surface area (Å²) in [6, 6.07) is 19.1. The molecule has 33 heavy (non-hydrogen) atoms. The van der Waals surface area contributed by atoms with Crippen LogP contribution in [0.4, 0.5) is 11.4 Å². The minimum Gasteiger partial charge on any atom is -0.456 e. The first-order valence-electron chi connectivity index (χ1n) is 11.0. The van der Waals surface area contributed by atoms with Crippen molar-refractivity contribution in [3.8, 4) is 11.5 Å². The van der Waals surface area contributed by atoms with Gasteiger partial charge in [-0.15, -0.1) is 0 Å². The zero-order chi connectivity index (χ0) is 23.4. The molecule has 3 aromatic rings. The molecule has 0 amide bonds. The summed E-state index contributed by atoms with van der Waals surface area (Å²) in [5.74, 6) is 0.909. The fourth-order valence-corrected chi connectivity index (χ4v) is 5.00. The van der Waals surface area contributed by atoms with Crippen LogP contribution in [0.25, 0.3) is 0 Å². The molecule has 2 aliphatic rings. The van der Waals surface area contributed by atoms with Gasteiger partial charge in [0.05, 0.1) is 5.56 Å². The standard InChI is InChI=1S/C26H24Cl2N2O3/c1-4-30(5-2)17-11-12-20-23(15-17)32-22-13-10-16(29-25(3,27)28)14-21(22)26(20)19-9-7-6-8-18(19)24(31)33-26/h6-15,29H,4-5H2,1-3H3. The molecular weight excluding hydrogens is 459 g/mol. The van der Waals surface area contributed by atoms with Crippen molar-refractivity contribution in [2.24, 2.45) is 0 Å². The Morgan fingerprint density at radius 2 is 1.70 bits per heavy atom. The molecule has 0 aromatic heterocycles. The van der Waals surface area contributed by atoms with E-state index in [0.717, 1.165) is 29.9 Å². The minimum atomic E-state index is -1.17. The summed E-state index contributed by atoms with van der Waals surface area (Å²) in [4.78, 5) is 15.3. The number of benzene rings is 3. The summed E-state index contributed by atoms with van der Waals surface area (Å²) in [5, 5.41) is 3.06. The maximum absolute atomic E-state index is 13.0. The summed E-state index contributed by atoms with van der Waals surface area (Å²) in [7, 11) is 0. The van der Waals surface area contributed by atoms with Crippen molar-refractivity contribution < 1.29 is 14.3 Å². The second-order valence-corrected chi connectivity index (χ2v) is 10.0. The SMILES string of the molecule is CCN(CC)c1ccc2c(c1)Oc1ccc(NC(C)(Cl)Cl)cc1C21OC(=O)c2ccccc21. The summed E-state index contributed by atoms with van der Waals surface area (Å²) in [6.07, 6.45) is 0. The third-order valence-electron chi connectivity index (χ3n) is 6.19. The van der Waals surface area contributed by atoms with Crippen molar-refractivity contribution in [1.29, 1.82) is 0 Å². The molecule has 0 saturated carbocycles. The van der Waals surface area contributed by atoms with Crippen molar-refractivity contribution >= 4 is 40.5 Å².